The van der Waals surface area contributed by atoms with Crippen molar-refractivity contribution in [3.8, 4) is 0 Å². The monoisotopic (exact) mass is 517 g/mol. The summed E-state index contributed by atoms with van der Waals surface area (Å²) in [4.78, 5) is 13.7. The molecule has 0 aliphatic carbocycles. The summed E-state index contributed by atoms with van der Waals surface area (Å²) in [7, 11) is 0. The van der Waals surface area contributed by atoms with E-state index in [-0.39, 0.29) is 5.97 Å². The summed E-state index contributed by atoms with van der Waals surface area (Å²) in [5, 5.41) is 0. The number of carbonyl (C=O) groups excluding carboxylic acids is 1. The van der Waals surface area contributed by atoms with Gasteiger partial charge < -0.3 is 14.4 Å². The highest BCUT2D eigenvalue weighted by Crippen LogP contribution is 2.35. The molecule has 0 N–H and O–H groups in total. The van der Waals surface area contributed by atoms with Gasteiger partial charge in [0.25, 0.3) is 0 Å². The van der Waals surface area contributed by atoms with Gasteiger partial charge in [0.1, 0.15) is 0 Å². The minimum absolute atomic E-state index is 0.167. The molecule has 0 aromatic heterocycles. The third kappa shape index (κ3) is 8.21. The van der Waals surface area contributed by atoms with E-state index in [2.05, 4.69) is 109 Å². The maximum absolute atomic E-state index is 11.4. The number of carbonyl (C=O) groups is 1. The molecule has 0 bridgehead atoms. The van der Waals surface area contributed by atoms with Crippen LogP contribution in [-0.2, 0) is 27.1 Å². The summed E-state index contributed by atoms with van der Waals surface area (Å²) in [5.41, 5.74) is 7.84. The molecule has 0 saturated heterocycles. The van der Waals surface area contributed by atoms with Gasteiger partial charge in [-0.25, -0.2) is 0 Å². The Bertz CT molecular complexity index is 1340. The van der Waals surface area contributed by atoms with Gasteiger partial charge in [0.05, 0.1) is 19.5 Å². The number of nitrogens with zero attached hydrogens (tertiary/aromatic N) is 1. The van der Waals surface area contributed by atoms with Crippen molar-refractivity contribution in [1.82, 2.24) is 0 Å². The lowest BCUT2D eigenvalue weighted by molar-refractivity contribution is -0.143. The van der Waals surface area contributed by atoms with Gasteiger partial charge in [-0.2, -0.15) is 0 Å². The van der Waals surface area contributed by atoms with E-state index in [0.717, 1.165) is 34.6 Å². The molecule has 4 heteroatoms. The molecule has 39 heavy (non-hydrogen) atoms. The van der Waals surface area contributed by atoms with Crippen molar-refractivity contribution in [2.24, 2.45) is 0 Å². The highest BCUT2D eigenvalue weighted by Gasteiger charge is 2.13. The Morgan fingerprint density at radius 2 is 1.18 bits per heavy atom. The molecule has 0 saturated carbocycles. The third-order valence-electron chi connectivity index (χ3n) is 6.38. The lowest BCUT2D eigenvalue weighted by Crippen LogP contribution is -2.10. The van der Waals surface area contributed by atoms with Crippen LogP contribution in [0.4, 0.5) is 17.1 Å². The van der Waals surface area contributed by atoms with Gasteiger partial charge in [0, 0.05) is 36.3 Å². The van der Waals surface area contributed by atoms with Gasteiger partial charge in [-0.05, 0) is 58.7 Å². The van der Waals surface area contributed by atoms with Gasteiger partial charge in [-0.15, -0.1) is 0 Å². The van der Waals surface area contributed by atoms with Crippen molar-refractivity contribution in [3.05, 3.63) is 138 Å². The first kappa shape index (κ1) is 27.5. The number of benzene rings is 4. The van der Waals surface area contributed by atoms with Crippen molar-refractivity contribution in [1.29, 1.82) is 0 Å². The van der Waals surface area contributed by atoms with Gasteiger partial charge in [0.2, 0.25) is 0 Å². The summed E-state index contributed by atoms with van der Waals surface area (Å²) in [6, 6.07) is 35.9. The van der Waals surface area contributed by atoms with Gasteiger partial charge in [-0.3, -0.25) is 4.79 Å². The summed E-state index contributed by atoms with van der Waals surface area (Å²) in [5.74, 6) is -0.167. The molecule has 0 unspecified atom stereocenters. The minimum Gasteiger partial charge on any atom is -0.501 e. The quantitative estimate of drug-likeness (QED) is 0.0771. The topological polar surface area (TPSA) is 38.8 Å². The second kappa shape index (κ2) is 14.4. The number of esters is 1. The van der Waals surface area contributed by atoms with Crippen molar-refractivity contribution >= 4 is 35.2 Å². The Balaban J connectivity index is 1.56. The molecular weight excluding hydrogens is 482 g/mol. The number of ether oxygens (including phenoxy) is 2. The average Bonchev–Trinajstić information content (AvgIpc) is 2.99. The van der Waals surface area contributed by atoms with E-state index >= 15 is 0 Å². The summed E-state index contributed by atoms with van der Waals surface area (Å²) in [6.07, 6.45) is 7.64. The Kier molecular flexibility index (Phi) is 10.1. The molecule has 4 aromatic rings. The average molecular weight is 518 g/mol. The van der Waals surface area contributed by atoms with Crippen LogP contribution in [0, 0.1) is 0 Å². The molecular formula is C35H35NO3. The molecule has 4 rings (SSSR count). The molecule has 0 atom stereocenters. The Hall–Kier alpha value is -4.57. The number of rotatable bonds is 13. The summed E-state index contributed by atoms with van der Waals surface area (Å²) in [6.45, 7) is 6.42. The van der Waals surface area contributed by atoms with Crippen LogP contribution in [0.25, 0.3) is 12.2 Å². The maximum Gasteiger partial charge on any atom is 0.305 e. The van der Waals surface area contributed by atoms with E-state index in [9.17, 15) is 4.79 Å². The third-order valence-corrected chi connectivity index (χ3v) is 6.38. The van der Waals surface area contributed by atoms with Gasteiger partial charge in [-0.1, -0.05) is 92.4 Å². The first-order valence-corrected chi connectivity index (χ1v) is 13.4. The molecule has 0 fully saturated rings. The number of anilines is 3. The molecule has 0 amide bonds. The van der Waals surface area contributed by atoms with Crippen molar-refractivity contribution in [3.63, 3.8) is 0 Å². The summed E-state index contributed by atoms with van der Waals surface area (Å²) >= 11 is 0. The van der Waals surface area contributed by atoms with E-state index in [1.165, 1.54) is 17.4 Å². The van der Waals surface area contributed by atoms with Crippen LogP contribution in [0.15, 0.2) is 116 Å². The second-order valence-corrected chi connectivity index (χ2v) is 9.12. The van der Waals surface area contributed by atoms with Crippen molar-refractivity contribution in [2.75, 3.05) is 18.1 Å². The summed E-state index contributed by atoms with van der Waals surface area (Å²) < 4.78 is 10.5. The van der Waals surface area contributed by atoms with Crippen LogP contribution in [-0.4, -0.2) is 19.2 Å². The zero-order valence-electron chi connectivity index (χ0n) is 22.5. The van der Waals surface area contributed by atoms with Gasteiger partial charge >= 0.3 is 5.97 Å². The van der Waals surface area contributed by atoms with Crippen LogP contribution >= 0.6 is 0 Å². The van der Waals surface area contributed by atoms with Crippen LogP contribution in [0.2, 0.25) is 0 Å². The highest BCUT2D eigenvalue weighted by atomic mass is 16.5. The highest BCUT2D eigenvalue weighted by molar-refractivity contribution is 5.78. The standard InChI is InChI=1S/C35H35NO3/c1-3-35(37)39-27-25-31-16-22-34(23-17-31)36(33-20-14-30(15-21-33)24-26-38-4-2)32-18-12-29(13-19-32)11-10-28-8-6-5-7-9-28/h4-23H,2-3,24-27H2,1H3. The predicted octanol–water partition coefficient (Wildman–Crippen LogP) is 8.53. The Morgan fingerprint density at radius 1 is 0.692 bits per heavy atom. The molecule has 0 aliphatic rings. The molecule has 4 aromatic carbocycles. The fourth-order valence-corrected chi connectivity index (χ4v) is 4.21. The molecule has 198 valence electrons. The van der Waals surface area contributed by atoms with E-state index in [4.69, 9.17) is 9.47 Å². The van der Waals surface area contributed by atoms with Crippen molar-refractivity contribution in [2.45, 2.75) is 26.2 Å². The second-order valence-electron chi connectivity index (χ2n) is 9.12. The predicted molar refractivity (Wildman–Crippen MR) is 161 cm³/mol. The molecule has 0 radical (unpaired) electrons. The normalized spacial score (nSPS) is 10.8. The Morgan fingerprint density at radius 3 is 1.69 bits per heavy atom. The van der Waals surface area contributed by atoms with E-state index < -0.39 is 0 Å². The molecule has 0 heterocycles. The fourth-order valence-electron chi connectivity index (χ4n) is 4.21. The van der Waals surface area contributed by atoms with Crippen LogP contribution in [0.5, 0.6) is 0 Å². The zero-order valence-corrected chi connectivity index (χ0v) is 22.5. The van der Waals surface area contributed by atoms with Crippen LogP contribution < -0.4 is 4.90 Å². The van der Waals surface area contributed by atoms with Crippen LogP contribution in [0.3, 0.4) is 0 Å². The molecule has 0 spiro atoms. The zero-order chi connectivity index (χ0) is 27.3. The molecule has 0 aliphatic heterocycles. The maximum atomic E-state index is 11.4. The van der Waals surface area contributed by atoms with Crippen LogP contribution in [0.1, 0.15) is 35.6 Å². The van der Waals surface area contributed by atoms with E-state index in [1.807, 2.05) is 18.2 Å². The largest absolute Gasteiger partial charge is 0.501 e. The minimum atomic E-state index is -0.167. The van der Waals surface area contributed by atoms with Gasteiger partial charge in [0.15, 0.2) is 0 Å². The lowest BCUT2D eigenvalue weighted by Gasteiger charge is -2.26. The number of hydrogen-bond donors (Lipinski definition) is 0. The fraction of sp³-hybridized carbons (Fsp3) is 0.171. The lowest BCUT2D eigenvalue weighted by atomic mass is 10.1. The van der Waals surface area contributed by atoms with Crippen molar-refractivity contribution < 1.29 is 14.3 Å². The smallest absolute Gasteiger partial charge is 0.305 e. The first-order chi connectivity index (χ1) is 19.2. The van der Waals surface area contributed by atoms with E-state index in [1.54, 1.807) is 6.92 Å². The SMILES string of the molecule is C=COCCc1ccc(N(c2ccc(C=Cc3ccccc3)cc2)c2ccc(CCOC(=O)CC)cc2)cc1. The first-order valence-electron chi connectivity index (χ1n) is 13.4. The van der Waals surface area contributed by atoms with E-state index in [0.29, 0.717) is 26.1 Å². The number of hydrogen-bond acceptors (Lipinski definition) is 4. The Labute approximate surface area is 231 Å². The molecule has 4 nitrogen and oxygen atoms in total.